The summed E-state index contributed by atoms with van der Waals surface area (Å²) in [4.78, 5) is 5.09. The van der Waals surface area contributed by atoms with E-state index in [1.54, 1.807) is 4.57 Å². The molecule has 0 atom stereocenters. The molecule has 0 saturated carbocycles. The molecule has 0 unspecified atom stereocenters. The maximum atomic E-state index is 9.99. The minimum Gasteiger partial charge on any atom is -0.310 e. The summed E-state index contributed by atoms with van der Waals surface area (Å²) in [5.74, 6) is 0. The Kier molecular flexibility index (Phi) is 12.8. The summed E-state index contributed by atoms with van der Waals surface area (Å²) < 4.78 is 80.8. The normalized spacial score (nSPS) is 13.6. The van der Waals surface area contributed by atoms with E-state index in [-0.39, 0.29) is 33.9 Å². The summed E-state index contributed by atoms with van der Waals surface area (Å²) in [5, 5.41) is 8.74. The van der Waals surface area contributed by atoms with Gasteiger partial charge in [-0.25, -0.2) is 0 Å². The fraction of sp³-hybridized carbons (Fsp3) is 0.0377. The number of rotatable bonds is 9. The first-order valence-electron chi connectivity index (χ1n) is 42.1. The lowest BCUT2D eigenvalue weighted by Gasteiger charge is -2.46. The van der Waals surface area contributed by atoms with E-state index in [0.29, 0.717) is 5.69 Å². The van der Waals surface area contributed by atoms with Gasteiger partial charge in [-0.05, 0) is 154 Å². The highest BCUT2D eigenvalue weighted by Gasteiger charge is 2.46. The fourth-order valence-corrected chi connectivity index (χ4v) is 18.3. The molecule has 5 heterocycles. The lowest BCUT2D eigenvalue weighted by Crippen LogP contribution is -2.61. The first-order valence-corrected chi connectivity index (χ1v) is 38.1. The van der Waals surface area contributed by atoms with Crippen molar-refractivity contribution >= 4 is 139 Å². The van der Waals surface area contributed by atoms with Crippen molar-refractivity contribution in [3.8, 4) is 72.4 Å². The number of anilines is 6. The number of nitrogens with zero attached hydrogens (tertiary/aromatic N) is 4. The highest BCUT2D eigenvalue weighted by Crippen LogP contribution is 2.55. The number of benzene rings is 17. The molecule has 5 heteroatoms. The quantitative estimate of drug-likeness (QED) is 0.134. The van der Waals surface area contributed by atoms with Crippen LogP contribution in [-0.2, 0) is 5.41 Å². The maximum Gasteiger partial charge on any atom is 0.252 e. The van der Waals surface area contributed by atoms with Gasteiger partial charge in [-0.2, -0.15) is 0 Å². The van der Waals surface area contributed by atoms with Crippen LogP contribution in [-0.4, -0.2) is 15.7 Å². The van der Waals surface area contributed by atoms with E-state index < -0.39 is 48.4 Å². The largest absolute Gasteiger partial charge is 0.310 e. The molecule has 0 radical (unpaired) electrons. The van der Waals surface area contributed by atoms with Gasteiger partial charge in [0.2, 0.25) is 0 Å². The second-order valence-corrected chi connectivity index (χ2v) is 30.4. The van der Waals surface area contributed by atoms with E-state index in [4.69, 9.17) is 0 Å². The van der Waals surface area contributed by atoms with Crippen LogP contribution >= 0.6 is 0 Å². The zero-order chi connectivity index (χ0) is 80.5. The number of fused-ring (bicyclic) bond motifs is 17. The summed E-state index contributed by atoms with van der Waals surface area (Å²) in [5.41, 5.74) is 24.7. The summed E-state index contributed by atoms with van der Waals surface area (Å²) in [6.45, 7) is 6.29. The van der Waals surface area contributed by atoms with E-state index in [0.717, 1.165) is 182 Å². The van der Waals surface area contributed by atoms with E-state index in [1.807, 2.05) is 12.1 Å². The van der Waals surface area contributed by atoms with Crippen molar-refractivity contribution in [3.05, 3.63) is 394 Å². The van der Waals surface area contributed by atoms with Crippen molar-refractivity contribution < 1.29 is 11.0 Å². The SMILES string of the molecule is [2H]c1c([2H])c([2H])c2c(c1[2H])c1c([2H])c([2H])c([2H])c([2H])c1n2-c1ccc2c(c1)N(c1c(-c3ccccc3)cccc1-c1cccc(-c3ccccc3)c1)c1cc(C(C)(C)C)cc3c1B2c1cc2c4ccccc4c4ccccc4c4cccc5c6ccccc6n(c2cc1N3c1c(-c2ccccc2)cccc1-c1cccc(-c2ccccc2)c1)c45. The van der Waals surface area contributed by atoms with Crippen LogP contribution in [0, 0.1) is 0 Å². The summed E-state index contributed by atoms with van der Waals surface area (Å²) in [6.07, 6.45) is 0. The van der Waals surface area contributed by atoms with E-state index >= 15 is 0 Å². The van der Waals surface area contributed by atoms with Crippen molar-refractivity contribution in [3.63, 3.8) is 0 Å². The highest BCUT2D eigenvalue weighted by atomic mass is 15.2. The average Bonchev–Trinajstić information content (AvgIpc) is 1.12. The number of aromatic nitrogens is 2. The van der Waals surface area contributed by atoms with Gasteiger partial charge in [0.15, 0.2) is 0 Å². The van der Waals surface area contributed by atoms with Crippen molar-refractivity contribution in [1.82, 2.24) is 8.97 Å². The van der Waals surface area contributed by atoms with Gasteiger partial charge in [0.05, 0.1) is 49.9 Å². The monoisotopic (exact) mass is 1420 g/mol. The number of hydrogen-bond donors (Lipinski definition) is 0. The molecule has 111 heavy (non-hydrogen) atoms. The molecule has 3 aromatic heterocycles. The van der Waals surface area contributed by atoms with Gasteiger partial charge < -0.3 is 18.8 Å². The molecule has 22 rings (SSSR count). The first-order chi connectivity index (χ1) is 58.1. The van der Waals surface area contributed by atoms with Crippen LogP contribution in [0.1, 0.15) is 37.3 Å². The van der Waals surface area contributed by atoms with Crippen molar-refractivity contribution in [2.75, 3.05) is 9.80 Å². The molecule has 4 nitrogen and oxygen atoms in total. The van der Waals surface area contributed by atoms with Crippen LogP contribution in [0.15, 0.2) is 388 Å². The third-order valence-electron chi connectivity index (χ3n) is 23.2. The third kappa shape index (κ3) is 10.1. The highest BCUT2D eigenvalue weighted by molar-refractivity contribution is 7.00. The Balaban J connectivity index is 0.972. The lowest BCUT2D eigenvalue weighted by atomic mass is 9.33. The van der Waals surface area contributed by atoms with E-state index in [1.165, 1.54) is 0 Å². The third-order valence-corrected chi connectivity index (χ3v) is 23.2. The van der Waals surface area contributed by atoms with E-state index in [2.05, 4.69) is 363 Å². The second kappa shape index (κ2) is 25.3. The van der Waals surface area contributed by atoms with Gasteiger partial charge in [0, 0.05) is 83.0 Å². The Morgan fingerprint density at radius 3 is 1.19 bits per heavy atom. The molecule has 0 amide bonds. The van der Waals surface area contributed by atoms with Crippen LogP contribution in [0.5, 0.6) is 0 Å². The Hall–Kier alpha value is -14.0. The lowest BCUT2D eigenvalue weighted by molar-refractivity contribution is 0.590. The molecule has 520 valence electrons. The molecule has 0 bridgehead atoms. The number of hydrogen-bond acceptors (Lipinski definition) is 2. The minimum atomic E-state index is -0.595. The molecular formula is C106H73BN4. The molecule has 0 spiro atoms. The Bertz CT molecular complexity index is 7690. The van der Waals surface area contributed by atoms with Gasteiger partial charge in [-0.15, -0.1) is 0 Å². The predicted molar refractivity (Wildman–Crippen MR) is 473 cm³/mol. The maximum absolute atomic E-state index is 9.99. The molecule has 0 N–H and O–H groups in total. The Labute approximate surface area is 656 Å². The molecule has 0 aliphatic carbocycles. The molecule has 20 aromatic rings. The van der Waals surface area contributed by atoms with Gasteiger partial charge >= 0.3 is 0 Å². The predicted octanol–water partition coefficient (Wildman–Crippen LogP) is 26.7. The van der Waals surface area contributed by atoms with Crippen molar-refractivity contribution in [2.24, 2.45) is 0 Å². The standard InChI is InChI=1S/C106H73BN4/c1-106(2,3)76-63-100-102-101(64-76)111(104-79(71-37-14-7-15-38-71)51-29-53-81(104)75-42-27-40-73(62-75)69-33-10-5-11-34-69)99-67-97-91(85-46-19-17-44-83(85)82-43-16-18-45-84(82)89-54-30-55-90-88-49-22-25-58-96(88)109(97)105(89)90)66-93(99)107(102)92-60-59-77(108-94-56-23-20-47-86(94)87-48-21-24-57-95(87)108)65-98(92)110(100)103-78(70-35-12-6-13-36-70)50-28-52-80(103)74-41-26-39-72(61-74)68-31-8-4-9-32-68/h4-67H,1-3H3/i20D,21D,23D,24D,47D,48D,56D,57D. The van der Waals surface area contributed by atoms with Crippen LogP contribution in [0.2, 0.25) is 0 Å². The molecular weight excluding hydrogens is 1340 g/mol. The van der Waals surface area contributed by atoms with Gasteiger partial charge in [0.25, 0.3) is 6.71 Å². The van der Waals surface area contributed by atoms with Gasteiger partial charge in [-0.1, -0.05) is 348 Å². The number of para-hydroxylation sites is 6. The molecule has 0 fully saturated rings. The van der Waals surface area contributed by atoms with Crippen LogP contribution < -0.4 is 26.2 Å². The fourth-order valence-electron chi connectivity index (χ4n) is 18.3. The topological polar surface area (TPSA) is 15.8 Å². The Morgan fingerprint density at radius 2 is 0.667 bits per heavy atom. The first kappa shape index (κ1) is 56.3. The zero-order valence-electron chi connectivity index (χ0n) is 69.2. The Morgan fingerprint density at radius 1 is 0.270 bits per heavy atom. The molecule has 2 aliphatic rings. The molecule has 17 aromatic carbocycles. The van der Waals surface area contributed by atoms with Crippen LogP contribution in [0.4, 0.5) is 34.1 Å². The van der Waals surface area contributed by atoms with Crippen molar-refractivity contribution in [2.45, 2.75) is 26.2 Å². The summed E-state index contributed by atoms with van der Waals surface area (Å²) in [7, 11) is 0. The summed E-state index contributed by atoms with van der Waals surface area (Å²) >= 11 is 0. The van der Waals surface area contributed by atoms with Crippen molar-refractivity contribution in [1.29, 1.82) is 0 Å². The van der Waals surface area contributed by atoms with E-state index in [9.17, 15) is 11.0 Å². The molecule has 2 aliphatic heterocycles. The van der Waals surface area contributed by atoms with Crippen LogP contribution in [0.25, 0.3) is 154 Å². The zero-order valence-corrected chi connectivity index (χ0v) is 61.2. The molecule has 0 saturated heterocycles. The minimum absolute atomic E-state index is 0.00111. The second-order valence-electron chi connectivity index (χ2n) is 30.4. The van der Waals surface area contributed by atoms with Gasteiger partial charge in [-0.3, -0.25) is 0 Å². The average molecular weight is 1420 g/mol. The van der Waals surface area contributed by atoms with Gasteiger partial charge in [0.1, 0.15) is 0 Å². The van der Waals surface area contributed by atoms with Crippen LogP contribution in [0.3, 0.4) is 0 Å². The summed E-state index contributed by atoms with van der Waals surface area (Å²) in [6, 6.07) is 120. The smallest absolute Gasteiger partial charge is 0.252 e.